The van der Waals surface area contributed by atoms with Gasteiger partial charge in [-0.1, -0.05) is 59.4 Å². The second kappa shape index (κ2) is 11.9. The van der Waals surface area contributed by atoms with Crippen molar-refractivity contribution in [3.8, 4) is 0 Å². The van der Waals surface area contributed by atoms with E-state index in [-0.39, 0.29) is 56.3 Å². The van der Waals surface area contributed by atoms with Gasteiger partial charge in [-0.2, -0.15) is 13.2 Å². The van der Waals surface area contributed by atoms with Crippen LogP contribution in [0.15, 0.2) is 41.6 Å². The number of oxime groups is 1. The first-order chi connectivity index (χ1) is 18.1. The number of ketones is 1. The Morgan fingerprint density at radius 1 is 1.08 bits per heavy atom. The van der Waals surface area contributed by atoms with Crippen molar-refractivity contribution in [3.63, 3.8) is 0 Å². The number of halogens is 6. The minimum atomic E-state index is -4.88. The van der Waals surface area contributed by atoms with E-state index in [4.69, 9.17) is 44.4 Å². The van der Waals surface area contributed by atoms with Crippen LogP contribution in [-0.4, -0.2) is 35.9 Å². The first-order valence-electron chi connectivity index (χ1n) is 12.2. The lowest BCUT2D eigenvalue weighted by molar-refractivity contribution is -0.275. The Kier molecular flexibility index (Phi) is 9.51. The van der Waals surface area contributed by atoms with Gasteiger partial charge in [0.2, 0.25) is 0 Å². The number of rotatable bonds is 8. The minimum Gasteiger partial charge on any atom is -0.443 e. The number of anilines is 1. The highest BCUT2D eigenvalue weighted by Gasteiger charge is 2.62. The largest absolute Gasteiger partial charge is 0.443 e. The molecule has 212 valence electrons. The van der Waals surface area contributed by atoms with Gasteiger partial charge in [0, 0.05) is 34.0 Å². The monoisotopic (exact) mass is 606 g/mol. The summed E-state index contributed by atoms with van der Waals surface area (Å²) < 4.78 is 48.8. The van der Waals surface area contributed by atoms with Crippen molar-refractivity contribution >= 4 is 58.1 Å². The smallest absolute Gasteiger partial charge is 0.435 e. The van der Waals surface area contributed by atoms with E-state index in [0.29, 0.717) is 6.42 Å². The van der Waals surface area contributed by atoms with Gasteiger partial charge in [0.25, 0.3) is 5.60 Å². The average molecular weight is 608 g/mol. The van der Waals surface area contributed by atoms with Gasteiger partial charge in [0.1, 0.15) is 5.60 Å². The molecule has 6 nitrogen and oxygen atoms in total. The molecule has 39 heavy (non-hydrogen) atoms. The molecule has 0 saturated carbocycles. The van der Waals surface area contributed by atoms with E-state index in [0.717, 1.165) is 23.5 Å². The number of unbranched alkanes of at least 4 members (excludes halogenated alkanes) is 1. The molecule has 1 aliphatic heterocycles. The molecule has 0 aliphatic carbocycles. The van der Waals surface area contributed by atoms with Gasteiger partial charge in [-0.25, -0.2) is 4.79 Å². The summed E-state index contributed by atoms with van der Waals surface area (Å²) in [5, 5.41) is 3.87. The Morgan fingerprint density at radius 2 is 1.72 bits per heavy atom. The van der Waals surface area contributed by atoms with Crippen LogP contribution in [0.3, 0.4) is 0 Å². The Hall–Kier alpha value is -2.49. The quantitative estimate of drug-likeness (QED) is 0.301. The van der Waals surface area contributed by atoms with Crippen LogP contribution in [0.5, 0.6) is 0 Å². The zero-order valence-electron chi connectivity index (χ0n) is 21.8. The van der Waals surface area contributed by atoms with E-state index in [2.05, 4.69) is 5.16 Å². The lowest BCUT2D eigenvalue weighted by atomic mass is 9.86. The van der Waals surface area contributed by atoms with Crippen molar-refractivity contribution < 1.29 is 32.3 Å². The zero-order chi connectivity index (χ0) is 29.2. The zero-order valence-corrected chi connectivity index (χ0v) is 24.1. The summed E-state index contributed by atoms with van der Waals surface area (Å²) in [7, 11) is 0. The molecule has 1 unspecified atom stereocenters. The van der Waals surface area contributed by atoms with Gasteiger partial charge < -0.3 is 9.57 Å². The Balaban J connectivity index is 2.01. The predicted molar refractivity (Wildman–Crippen MR) is 146 cm³/mol. The molecular weight excluding hydrogens is 580 g/mol. The van der Waals surface area contributed by atoms with Gasteiger partial charge in [0.15, 0.2) is 5.78 Å². The number of carbonyl (C=O) groups excluding carboxylic acids is 2. The number of benzene rings is 2. The molecule has 0 bridgehead atoms. The maximum atomic E-state index is 14.4. The second-order valence-electron chi connectivity index (χ2n) is 10.2. The van der Waals surface area contributed by atoms with Crippen LogP contribution in [0.4, 0.5) is 23.7 Å². The number of carbonyl (C=O) groups is 2. The molecule has 1 aliphatic rings. The van der Waals surface area contributed by atoms with Crippen molar-refractivity contribution in [2.45, 2.75) is 70.8 Å². The van der Waals surface area contributed by atoms with Crippen molar-refractivity contribution in [2.75, 3.05) is 11.4 Å². The standard InChI is InChI=1S/C27H28Cl3F3N2O4/c1-5-6-7-20(36)15-35(24(37)38-25(2,3)4)23-10-16(8-9-21(23)30)22-14-26(39-34-22,27(31,32)33)17-11-18(28)13-19(29)12-17/h8-13H,5-7,14-15H2,1-4H3. The number of nitrogens with zero attached hydrogens (tertiary/aromatic N) is 2. The van der Waals surface area contributed by atoms with Gasteiger partial charge in [-0.15, -0.1) is 0 Å². The van der Waals surface area contributed by atoms with Crippen LogP contribution in [0.1, 0.15) is 64.5 Å². The van der Waals surface area contributed by atoms with Gasteiger partial charge in [0.05, 0.1) is 23.0 Å². The number of hydrogen-bond acceptors (Lipinski definition) is 5. The summed E-state index contributed by atoms with van der Waals surface area (Å²) in [4.78, 5) is 31.9. The van der Waals surface area contributed by atoms with Crippen LogP contribution in [0, 0.1) is 0 Å². The summed E-state index contributed by atoms with van der Waals surface area (Å²) in [5.74, 6) is -0.223. The summed E-state index contributed by atoms with van der Waals surface area (Å²) in [6, 6.07) is 7.81. The molecule has 0 N–H and O–H groups in total. The first kappa shape index (κ1) is 31.0. The van der Waals surface area contributed by atoms with Crippen LogP contribution in [0.2, 0.25) is 15.1 Å². The van der Waals surface area contributed by atoms with Crippen LogP contribution < -0.4 is 4.90 Å². The highest BCUT2D eigenvalue weighted by Crippen LogP contribution is 2.50. The molecule has 0 saturated heterocycles. The summed E-state index contributed by atoms with van der Waals surface area (Å²) in [5.41, 5.74) is -3.77. The Labute approximate surface area is 240 Å². The van der Waals surface area contributed by atoms with Crippen molar-refractivity contribution in [2.24, 2.45) is 5.16 Å². The van der Waals surface area contributed by atoms with E-state index in [1.807, 2.05) is 6.92 Å². The molecule has 0 spiro atoms. The molecule has 1 amide bonds. The molecule has 12 heteroatoms. The molecule has 1 heterocycles. The van der Waals surface area contributed by atoms with Crippen LogP contribution in [-0.2, 0) is 20.0 Å². The minimum absolute atomic E-state index is 0.00713. The maximum absolute atomic E-state index is 14.4. The maximum Gasteiger partial charge on any atom is 0.435 e. The van der Waals surface area contributed by atoms with Gasteiger partial charge >= 0.3 is 12.3 Å². The third kappa shape index (κ3) is 7.38. The van der Waals surface area contributed by atoms with E-state index < -0.39 is 29.9 Å². The molecule has 1 atom stereocenters. The van der Waals surface area contributed by atoms with Crippen molar-refractivity contribution in [1.82, 2.24) is 0 Å². The number of hydrogen-bond donors (Lipinski definition) is 0. The Bertz CT molecular complexity index is 1260. The molecule has 2 aromatic rings. The topological polar surface area (TPSA) is 68.2 Å². The van der Waals surface area contributed by atoms with E-state index in [1.54, 1.807) is 20.8 Å². The lowest BCUT2D eigenvalue weighted by Gasteiger charge is -2.30. The number of Topliss-reactive ketones (excluding diaryl/α,β-unsaturated/α-hetero) is 1. The molecule has 0 fully saturated rings. The molecule has 3 rings (SSSR count). The fourth-order valence-corrected chi connectivity index (χ4v) is 4.68. The summed E-state index contributed by atoms with van der Waals surface area (Å²) >= 11 is 18.4. The third-order valence-electron chi connectivity index (χ3n) is 5.84. The van der Waals surface area contributed by atoms with Gasteiger partial charge in [-0.3, -0.25) is 9.69 Å². The second-order valence-corrected chi connectivity index (χ2v) is 11.4. The van der Waals surface area contributed by atoms with Crippen molar-refractivity contribution in [1.29, 1.82) is 0 Å². The van der Waals surface area contributed by atoms with Gasteiger partial charge in [-0.05, 0) is 57.5 Å². The molecule has 2 aromatic carbocycles. The summed E-state index contributed by atoms with van der Waals surface area (Å²) in [6.45, 7) is 6.62. The van der Waals surface area contributed by atoms with E-state index in [9.17, 15) is 22.8 Å². The molecule has 0 radical (unpaired) electrons. The SMILES string of the molecule is CCCCC(=O)CN(C(=O)OC(C)(C)C)c1cc(C2=NOC(c3cc(Cl)cc(Cl)c3)(C(F)(F)F)C2)ccc1Cl. The highest BCUT2D eigenvalue weighted by atomic mass is 35.5. The average Bonchev–Trinajstić information content (AvgIpc) is 3.27. The molecule has 0 aromatic heterocycles. The summed E-state index contributed by atoms with van der Waals surface area (Å²) in [6.07, 6.45) is -4.74. The predicted octanol–water partition coefficient (Wildman–Crippen LogP) is 8.73. The third-order valence-corrected chi connectivity index (χ3v) is 6.60. The fourth-order valence-electron chi connectivity index (χ4n) is 3.94. The number of amides is 1. The first-order valence-corrected chi connectivity index (χ1v) is 13.3. The fraction of sp³-hybridized carbons (Fsp3) is 0.444. The Morgan fingerprint density at radius 3 is 2.28 bits per heavy atom. The normalized spacial score (nSPS) is 17.4. The van der Waals surface area contributed by atoms with Crippen LogP contribution >= 0.6 is 34.8 Å². The van der Waals surface area contributed by atoms with Crippen LogP contribution in [0.25, 0.3) is 0 Å². The lowest BCUT2D eigenvalue weighted by Crippen LogP contribution is -2.42. The number of ether oxygens (including phenoxy) is 1. The molecular formula is C27H28Cl3F3N2O4. The van der Waals surface area contributed by atoms with Crippen molar-refractivity contribution in [3.05, 3.63) is 62.6 Å². The van der Waals surface area contributed by atoms with E-state index in [1.165, 1.54) is 24.3 Å². The highest BCUT2D eigenvalue weighted by molar-refractivity contribution is 6.35. The number of alkyl halides is 3. The van der Waals surface area contributed by atoms with E-state index >= 15 is 0 Å².